The lowest BCUT2D eigenvalue weighted by molar-refractivity contribution is -0.137. The van der Waals surface area contributed by atoms with Gasteiger partial charge in [-0.25, -0.2) is 9.37 Å². The molecule has 3 aromatic carbocycles. The van der Waals surface area contributed by atoms with Gasteiger partial charge in [-0.2, -0.15) is 13.2 Å². The molecule has 6 nitrogen and oxygen atoms in total. The number of aromatic nitrogens is 1. The number of ether oxygens (including phenoxy) is 1. The van der Waals surface area contributed by atoms with Crippen LogP contribution in [0.15, 0.2) is 83.5 Å². The lowest BCUT2D eigenvalue weighted by Gasteiger charge is -2.22. The van der Waals surface area contributed by atoms with Crippen molar-refractivity contribution in [1.29, 1.82) is 0 Å². The number of halogens is 4. The molecular weight excluding hydrogens is 502 g/mol. The Hall–Kier alpha value is -4.18. The second-order valence-corrected chi connectivity index (χ2v) is 8.63. The number of nitrogens with zero attached hydrogens (tertiary/aromatic N) is 2. The summed E-state index contributed by atoms with van der Waals surface area (Å²) in [6.45, 7) is 0.856. The minimum absolute atomic E-state index is 0.0579. The molecule has 0 spiro atoms. The molecule has 38 heavy (non-hydrogen) atoms. The first kappa shape index (κ1) is 26.9. The molecule has 1 N–H and O–H groups in total. The Kier molecular flexibility index (Phi) is 8.42. The van der Waals surface area contributed by atoms with Crippen molar-refractivity contribution in [3.8, 4) is 5.75 Å². The Morgan fingerprint density at radius 3 is 2.32 bits per heavy atom. The van der Waals surface area contributed by atoms with Crippen LogP contribution in [-0.2, 0) is 32.4 Å². The minimum atomic E-state index is -4.45. The topological polar surface area (TPSA) is 67.6 Å². The quantitative estimate of drug-likeness (QED) is 0.257. The van der Waals surface area contributed by atoms with Gasteiger partial charge in [0.15, 0.2) is 5.69 Å². The maximum Gasteiger partial charge on any atom is 0.416 e. The number of methoxy groups -OCH3 is 1. The van der Waals surface area contributed by atoms with Gasteiger partial charge in [0.1, 0.15) is 17.8 Å². The highest BCUT2D eigenvalue weighted by Gasteiger charge is 2.30. The molecule has 0 radical (unpaired) electrons. The zero-order valence-electron chi connectivity index (χ0n) is 20.5. The third kappa shape index (κ3) is 7.42. The van der Waals surface area contributed by atoms with Crippen molar-refractivity contribution in [3.63, 3.8) is 0 Å². The molecule has 0 saturated carbocycles. The first-order valence-electron chi connectivity index (χ1n) is 11.7. The second-order valence-electron chi connectivity index (χ2n) is 8.63. The van der Waals surface area contributed by atoms with E-state index in [1.165, 1.54) is 24.5 Å². The van der Waals surface area contributed by atoms with Gasteiger partial charge < -0.3 is 14.5 Å². The van der Waals surface area contributed by atoms with Crippen molar-refractivity contribution in [2.45, 2.75) is 32.4 Å². The van der Waals surface area contributed by atoms with Crippen LogP contribution in [0.1, 0.15) is 38.6 Å². The molecule has 198 valence electrons. The van der Waals surface area contributed by atoms with E-state index in [0.29, 0.717) is 23.4 Å². The summed E-state index contributed by atoms with van der Waals surface area (Å²) in [6.07, 6.45) is -3.23. The highest BCUT2D eigenvalue weighted by atomic mass is 19.4. The molecule has 4 rings (SSSR count). The molecule has 1 amide bonds. The van der Waals surface area contributed by atoms with Crippen molar-refractivity contribution < 1.29 is 31.5 Å². The number of oxazole rings is 1. The SMILES string of the molecule is COc1cccc(CN(Cc2cccc(C(F)(F)F)c2)Cc2nc(C(=O)NCc3ccc(F)cc3)co2)c1. The maximum atomic E-state index is 13.2. The molecule has 0 atom stereocenters. The van der Waals surface area contributed by atoms with E-state index in [0.717, 1.165) is 17.7 Å². The van der Waals surface area contributed by atoms with Crippen molar-refractivity contribution >= 4 is 5.91 Å². The summed E-state index contributed by atoms with van der Waals surface area (Å²) in [6, 6.07) is 18.2. The van der Waals surface area contributed by atoms with E-state index in [2.05, 4.69) is 10.3 Å². The van der Waals surface area contributed by atoms with Crippen LogP contribution in [0.4, 0.5) is 17.6 Å². The van der Waals surface area contributed by atoms with Crippen molar-refractivity contribution in [2.24, 2.45) is 0 Å². The summed E-state index contributed by atoms with van der Waals surface area (Å²) in [5.74, 6) is 0.0379. The smallest absolute Gasteiger partial charge is 0.416 e. The number of hydrogen-bond donors (Lipinski definition) is 1. The van der Waals surface area contributed by atoms with Crippen LogP contribution in [0.2, 0.25) is 0 Å². The number of carbonyl (C=O) groups excluding carboxylic acids is 1. The van der Waals surface area contributed by atoms with Gasteiger partial charge in [-0.3, -0.25) is 9.69 Å². The van der Waals surface area contributed by atoms with E-state index >= 15 is 0 Å². The molecule has 0 bridgehead atoms. The van der Waals surface area contributed by atoms with Crippen LogP contribution < -0.4 is 10.1 Å². The third-order valence-corrected chi connectivity index (χ3v) is 5.71. The fraction of sp³-hybridized carbons (Fsp3) is 0.214. The van der Waals surface area contributed by atoms with Gasteiger partial charge in [-0.1, -0.05) is 42.5 Å². The lowest BCUT2D eigenvalue weighted by Crippen LogP contribution is -2.24. The molecule has 10 heteroatoms. The van der Waals surface area contributed by atoms with Gasteiger partial charge in [0, 0.05) is 19.6 Å². The highest BCUT2D eigenvalue weighted by molar-refractivity contribution is 5.91. The Bertz CT molecular complexity index is 1370. The van der Waals surface area contributed by atoms with Crippen LogP contribution in [0.5, 0.6) is 5.75 Å². The minimum Gasteiger partial charge on any atom is -0.497 e. The third-order valence-electron chi connectivity index (χ3n) is 5.71. The summed E-state index contributed by atoms with van der Waals surface area (Å²) in [5, 5.41) is 2.70. The first-order valence-corrected chi connectivity index (χ1v) is 11.7. The van der Waals surface area contributed by atoms with E-state index in [1.807, 2.05) is 23.1 Å². The number of carbonyl (C=O) groups is 1. The molecule has 0 aliphatic heterocycles. The Balaban J connectivity index is 1.48. The van der Waals surface area contributed by atoms with Gasteiger partial charge >= 0.3 is 6.18 Å². The van der Waals surface area contributed by atoms with Crippen LogP contribution in [0.3, 0.4) is 0 Å². The zero-order chi connectivity index (χ0) is 27.1. The summed E-state index contributed by atoms with van der Waals surface area (Å²) in [5.41, 5.74) is 1.38. The fourth-order valence-corrected chi connectivity index (χ4v) is 3.86. The van der Waals surface area contributed by atoms with E-state index in [9.17, 15) is 22.4 Å². The van der Waals surface area contributed by atoms with E-state index < -0.39 is 17.6 Å². The molecule has 4 aromatic rings. The number of amides is 1. The van der Waals surface area contributed by atoms with Gasteiger partial charge in [-0.15, -0.1) is 0 Å². The molecule has 0 unspecified atom stereocenters. The van der Waals surface area contributed by atoms with Crippen LogP contribution in [-0.4, -0.2) is 22.9 Å². The highest BCUT2D eigenvalue weighted by Crippen LogP contribution is 2.30. The zero-order valence-corrected chi connectivity index (χ0v) is 20.5. The molecule has 0 aliphatic carbocycles. The standard InChI is InChI=1S/C28H25F4N3O3/c1-37-24-7-3-5-21(13-24)16-35(15-20-4-2-6-22(12-20)28(30,31)32)17-26-34-25(18-38-26)27(36)33-14-19-8-10-23(29)11-9-19/h2-13,18H,14-17H2,1H3,(H,33,36). The second kappa shape index (κ2) is 11.9. The summed E-state index contributed by atoms with van der Waals surface area (Å²) < 4.78 is 63.6. The fourth-order valence-electron chi connectivity index (χ4n) is 3.86. The molecule has 0 fully saturated rings. The number of benzene rings is 3. The lowest BCUT2D eigenvalue weighted by atomic mass is 10.1. The Labute approximate surface area is 216 Å². The van der Waals surface area contributed by atoms with Crippen LogP contribution >= 0.6 is 0 Å². The van der Waals surface area contributed by atoms with Crippen LogP contribution in [0, 0.1) is 5.82 Å². The van der Waals surface area contributed by atoms with Crippen molar-refractivity contribution in [3.05, 3.63) is 119 Å². The maximum absolute atomic E-state index is 13.2. The number of rotatable bonds is 10. The molecular formula is C28H25F4N3O3. The average molecular weight is 528 g/mol. The number of nitrogens with one attached hydrogen (secondary N) is 1. The average Bonchev–Trinajstić information content (AvgIpc) is 3.36. The normalized spacial score (nSPS) is 11.5. The number of alkyl halides is 3. The largest absolute Gasteiger partial charge is 0.497 e. The molecule has 1 aromatic heterocycles. The predicted molar refractivity (Wildman–Crippen MR) is 131 cm³/mol. The first-order chi connectivity index (χ1) is 18.2. The van der Waals surface area contributed by atoms with Crippen molar-refractivity contribution in [1.82, 2.24) is 15.2 Å². The summed E-state index contributed by atoms with van der Waals surface area (Å²) in [4.78, 5) is 18.6. The van der Waals surface area contributed by atoms with E-state index in [-0.39, 0.29) is 37.0 Å². The Morgan fingerprint density at radius 1 is 0.947 bits per heavy atom. The monoisotopic (exact) mass is 527 g/mol. The van der Waals surface area contributed by atoms with Crippen molar-refractivity contribution in [2.75, 3.05) is 7.11 Å². The van der Waals surface area contributed by atoms with Gasteiger partial charge in [-0.05, 0) is 47.0 Å². The molecule has 0 saturated heterocycles. The van der Waals surface area contributed by atoms with Gasteiger partial charge in [0.25, 0.3) is 5.91 Å². The van der Waals surface area contributed by atoms with E-state index in [4.69, 9.17) is 9.15 Å². The number of hydrogen-bond acceptors (Lipinski definition) is 5. The van der Waals surface area contributed by atoms with Crippen LogP contribution in [0.25, 0.3) is 0 Å². The predicted octanol–water partition coefficient (Wildman–Crippen LogP) is 5.97. The Morgan fingerprint density at radius 2 is 1.63 bits per heavy atom. The van der Waals surface area contributed by atoms with Gasteiger partial charge in [0.05, 0.1) is 19.2 Å². The molecule has 0 aliphatic rings. The summed E-state index contributed by atoms with van der Waals surface area (Å²) in [7, 11) is 1.55. The van der Waals surface area contributed by atoms with Gasteiger partial charge in [0.2, 0.25) is 5.89 Å². The van der Waals surface area contributed by atoms with E-state index in [1.54, 1.807) is 31.4 Å². The molecule has 1 heterocycles. The summed E-state index contributed by atoms with van der Waals surface area (Å²) >= 11 is 0.